The van der Waals surface area contributed by atoms with E-state index in [1.165, 1.54) is 6.07 Å². The molecule has 2 unspecified atom stereocenters. The maximum atomic E-state index is 13.5. The summed E-state index contributed by atoms with van der Waals surface area (Å²) >= 11 is 0. The molecule has 7 nitrogen and oxygen atoms in total. The largest absolute Gasteiger partial charge is 0.322 e. The molecule has 2 saturated heterocycles. The molecule has 9 heteroatoms. The van der Waals surface area contributed by atoms with Gasteiger partial charge in [0.05, 0.1) is 18.6 Å². The van der Waals surface area contributed by atoms with Crippen LogP contribution in [0.25, 0.3) is 11.1 Å². The number of halogens is 1. The van der Waals surface area contributed by atoms with Crippen LogP contribution in [-0.4, -0.2) is 48.8 Å². The van der Waals surface area contributed by atoms with Crippen molar-refractivity contribution in [3.05, 3.63) is 48.0 Å². The van der Waals surface area contributed by atoms with Gasteiger partial charge in [0.1, 0.15) is 5.82 Å². The van der Waals surface area contributed by atoms with E-state index in [2.05, 4.69) is 10.3 Å². The van der Waals surface area contributed by atoms with E-state index in [1.54, 1.807) is 23.2 Å². The van der Waals surface area contributed by atoms with Crippen LogP contribution in [0, 0.1) is 12.7 Å². The number of aryl methyl sites for hydroxylation is 1. The first-order chi connectivity index (χ1) is 13.7. The molecule has 2 aliphatic rings. The Balaban J connectivity index is 1.46. The van der Waals surface area contributed by atoms with E-state index in [0.29, 0.717) is 24.1 Å². The Kier molecular flexibility index (Phi) is 5.04. The highest BCUT2D eigenvalue weighted by Gasteiger charge is 2.48. The summed E-state index contributed by atoms with van der Waals surface area (Å²) < 4.78 is 41.3. The number of hydrogen-bond acceptors (Lipinski definition) is 5. The number of pyridine rings is 1. The molecule has 2 aromatic rings. The number of anilines is 1. The van der Waals surface area contributed by atoms with Crippen LogP contribution >= 0.6 is 0 Å². The van der Waals surface area contributed by atoms with Crippen LogP contribution in [0.5, 0.6) is 0 Å². The molecule has 4 rings (SSSR count). The summed E-state index contributed by atoms with van der Waals surface area (Å²) in [6.45, 7) is 1.91. The molecule has 0 spiro atoms. The minimum atomic E-state index is -3.50. The molecule has 2 aliphatic heterocycles. The summed E-state index contributed by atoms with van der Waals surface area (Å²) in [5.74, 6) is -0.421. The highest BCUT2D eigenvalue weighted by Crippen LogP contribution is 2.40. The van der Waals surface area contributed by atoms with Gasteiger partial charge in [-0.1, -0.05) is 6.07 Å². The predicted octanol–water partition coefficient (Wildman–Crippen LogP) is 3.31. The van der Waals surface area contributed by atoms with Gasteiger partial charge in [0.25, 0.3) is 10.1 Å². The highest BCUT2D eigenvalue weighted by atomic mass is 32.2. The molecule has 0 saturated carbocycles. The van der Waals surface area contributed by atoms with Crippen molar-refractivity contribution in [3.63, 3.8) is 0 Å². The van der Waals surface area contributed by atoms with Crippen LogP contribution in [0.4, 0.5) is 14.9 Å². The Morgan fingerprint density at radius 1 is 1.21 bits per heavy atom. The molecule has 2 amide bonds. The van der Waals surface area contributed by atoms with Gasteiger partial charge in [0.15, 0.2) is 0 Å². The summed E-state index contributed by atoms with van der Waals surface area (Å²) in [5.41, 5.74) is 2.98. The van der Waals surface area contributed by atoms with Crippen molar-refractivity contribution in [2.75, 3.05) is 11.6 Å². The van der Waals surface area contributed by atoms with Crippen molar-refractivity contribution in [2.45, 2.75) is 44.4 Å². The summed E-state index contributed by atoms with van der Waals surface area (Å²) in [5, 5.41) is 2.90. The molecule has 1 N–H and O–H groups in total. The number of amides is 2. The number of rotatable bonds is 4. The lowest BCUT2D eigenvalue weighted by Gasteiger charge is -2.54. The van der Waals surface area contributed by atoms with Crippen molar-refractivity contribution in [3.8, 4) is 11.1 Å². The minimum Gasteiger partial charge on any atom is -0.318 e. The predicted molar refractivity (Wildman–Crippen MR) is 106 cm³/mol. The molecule has 3 heterocycles. The number of nitrogens with zero attached hydrogens (tertiary/aromatic N) is 2. The van der Waals surface area contributed by atoms with Gasteiger partial charge < -0.3 is 10.2 Å². The lowest BCUT2D eigenvalue weighted by atomic mass is 9.78. The van der Waals surface area contributed by atoms with Gasteiger partial charge in [-0.3, -0.25) is 9.17 Å². The minimum absolute atomic E-state index is 0.0298. The lowest BCUT2D eigenvalue weighted by molar-refractivity contribution is -0.0363. The summed E-state index contributed by atoms with van der Waals surface area (Å²) in [6.07, 6.45) is 5.26. The molecule has 1 aromatic heterocycles. The van der Waals surface area contributed by atoms with Crippen molar-refractivity contribution in [2.24, 2.45) is 0 Å². The molecule has 0 aliphatic carbocycles. The van der Waals surface area contributed by atoms with E-state index in [-0.39, 0.29) is 24.2 Å². The van der Waals surface area contributed by atoms with Gasteiger partial charge in [-0.05, 0) is 55.5 Å². The molecular weight excluding hydrogens is 397 g/mol. The Labute approximate surface area is 169 Å². The third-order valence-electron chi connectivity index (χ3n) is 5.45. The number of urea groups is 1. The van der Waals surface area contributed by atoms with E-state index in [0.717, 1.165) is 30.0 Å². The zero-order chi connectivity index (χ0) is 20.8. The molecule has 29 heavy (non-hydrogen) atoms. The fourth-order valence-electron chi connectivity index (χ4n) is 4.24. The Morgan fingerprint density at radius 2 is 1.93 bits per heavy atom. The third kappa shape index (κ3) is 4.25. The lowest BCUT2D eigenvalue weighted by Crippen LogP contribution is -2.65. The van der Waals surface area contributed by atoms with E-state index in [4.69, 9.17) is 4.18 Å². The number of piperidine rings is 1. The monoisotopic (exact) mass is 419 g/mol. The molecule has 154 valence electrons. The quantitative estimate of drug-likeness (QED) is 0.768. The van der Waals surface area contributed by atoms with Gasteiger partial charge in [-0.2, -0.15) is 8.42 Å². The second-order valence-electron chi connectivity index (χ2n) is 7.70. The number of carbonyl (C=O) groups is 1. The topological polar surface area (TPSA) is 88.6 Å². The number of benzene rings is 1. The number of hydrogen-bond donors (Lipinski definition) is 1. The van der Waals surface area contributed by atoms with Crippen molar-refractivity contribution in [1.82, 2.24) is 9.88 Å². The Morgan fingerprint density at radius 3 is 2.59 bits per heavy atom. The first-order valence-corrected chi connectivity index (χ1v) is 11.2. The van der Waals surface area contributed by atoms with Gasteiger partial charge in [-0.15, -0.1) is 0 Å². The number of aromatic nitrogens is 1. The Bertz CT molecular complexity index is 1050. The maximum Gasteiger partial charge on any atom is 0.322 e. The van der Waals surface area contributed by atoms with Crippen molar-refractivity contribution in [1.29, 1.82) is 0 Å². The molecule has 2 bridgehead atoms. The van der Waals surface area contributed by atoms with Gasteiger partial charge in [0, 0.05) is 29.5 Å². The van der Waals surface area contributed by atoms with E-state index < -0.39 is 15.9 Å². The average Bonchev–Trinajstić information content (AvgIpc) is 2.61. The fourth-order valence-corrected chi connectivity index (χ4v) is 4.89. The van der Waals surface area contributed by atoms with E-state index >= 15 is 0 Å². The molecule has 1 aromatic carbocycles. The van der Waals surface area contributed by atoms with Gasteiger partial charge in [0.2, 0.25) is 0 Å². The SMILES string of the molecule is Cc1ccc(NC(=O)N2C3CC(OS(C)(=O)=O)CC2C3)cc1-c1cncc(F)c1. The standard InChI is InChI=1S/C20H22FN3O4S/c1-12-3-4-15(6-19(12)13-5-14(21)11-22-10-13)23-20(25)24-16-7-17(24)9-18(8-16)28-29(2,26)27/h3-6,10-11,16-18H,7-9H2,1-2H3,(H,23,25). The second-order valence-corrected chi connectivity index (χ2v) is 9.30. The van der Waals surface area contributed by atoms with Gasteiger partial charge in [-0.25, -0.2) is 9.18 Å². The molecule has 0 radical (unpaired) electrons. The van der Waals surface area contributed by atoms with Crippen molar-refractivity contribution >= 4 is 21.8 Å². The first kappa shape index (κ1) is 19.8. The van der Waals surface area contributed by atoms with Crippen LogP contribution in [0.1, 0.15) is 24.8 Å². The first-order valence-electron chi connectivity index (χ1n) is 9.39. The van der Waals surface area contributed by atoms with Crippen LogP contribution < -0.4 is 5.32 Å². The van der Waals surface area contributed by atoms with Crippen LogP contribution in [-0.2, 0) is 14.3 Å². The fraction of sp³-hybridized carbons (Fsp3) is 0.400. The van der Waals surface area contributed by atoms with Crippen LogP contribution in [0.3, 0.4) is 0 Å². The summed E-state index contributed by atoms with van der Waals surface area (Å²) in [4.78, 5) is 18.4. The van der Waals surface area contributed by atoms with Crippen LogP contribution in [0.2, 0.25) is 0 Å². The molecular formula is C20H22FN3O4S. The molecule has 2 fully saturated rings. The third-order valence-corrected chi connectivity index (χ3v) is 6.07. The normalized spacial score (nSPS) is 23.4. The second kappa shape index (κ2) is 7.38. The number of carbonyl (C=O) groups excluding carboxylic acids is 1. The van der Waals surface area contributed by atoms with E-state index in [1.807, 2.05) is 13.0 Å². The average molecular weight is 419 g/mol. The zero-order valence-electron chi connectivity index (χ0n) is 16.1. The smallest absolute Gasteiger partial charge is 0.318 e. The van der Waals surface area contributed by atoms with Crippen molar-refractivity contribution < 1.29 is 21.8 Å². The number of nitrogens with one attached hydrogen (secondary N) is 1. The molecule has 2 atom stereocenters. The zero-order valence-corrected chi connectivity index (χ0v) is 16.9. The Hall–Kier alpha value is -2.52. The summed E-state index contributed by atoms with van der Waals surface area (Å²) in [7, 11) is -3.50. The number of fused-ring (bicyclic) bond motifs is 2. The maximum absolute atomic E-state index is 13.5. The van der Waals surface area contributed by atoms with Crippen LogP contribution in [0.15, 0.2) is 36.7 Å². The highest BCUT2D eigenvalue weighted by molar-refractivity contribution is 7.86. The summed E-state index contributed by atoms with van der Waals surface area (Å²) in [6, 6.07) is 6.58. The van der Waals surface area contributed by atoms with E-state index in [9.17, 15) is 17.6 Å². The van der Waals surface area contributed by atoms with Gasteiger partial charge >= 0.3 is 6.03 Å².